The maximum absolute atomic E-state index is 12.6. The Morgan fingerprint density at radius 3 is 2.68 bits per heavy atom. The number of sulfonamides is 1. The first-order valence-corrected chi connectivity index (χ1v) is 12.2. The summed E-state index contributed by atoms with van der Waals surface area (Å²) in [6, 6.07) is 12.9. The maximum atomic E-state index is 12.6. The predicted octanol–water partition coefficient (Wildman–Crippen LogP) is 3.50. The third-order valence-corrected chi connectivity index (χ3v) is 6.36. The third kappa shape index (κ3) is 7.08. The van der Waals surface area contributed by atoms with Crippen molar-refractivity contribution in [2.24, 2.45) is 4.99 Å². The molecule has 0 saturated carbocycles. The summed E-state index contributed by atoms with van der Waals surface area (Å²) in [5.74, 6) is 0.978. The lowest BCUT2D eigenvalue weighted by Crippen LogP contribution is -2.30. The van der Waals surface area contributed by atoms with Crippen LogP contribution in [0.4, 0.5) is 5.69 Å². The van der Waals surface area contributed by atoms with Crippen LogP contribution in [0, 0.1) is 11.3 Å². The highest BCUT2D eigenvalue weighted by atomic mass is 32.2. The number of ether oxygens (including phenoxy) is 2. The lowest BCUT2D eigenvalue weighted by atomic mass is 10.2. The van der Waals surface area contributed by atoms with Gasteiger partial charge in [-0.05, 0) is 60.9 Å². The Bertz CT molecular complexity index is 1210. The molecule has 0 aliphatic carbocycles. The Balaban J connectivity index is 1.60. The molecule has 1 aliphatic heterocycles. The van der Waals surface area contributed by atoms with Crippen molar-refractivity contribution in [3.63, 3.8) is 0 Å². The topological polar surface area (TPSA) is 130 Å². The van der Waals surface area contributed by atoms with Crippen molar-refractivity contribution >= 4 is 33.5 Å². The molecule has 1 amide bonds. The molecule has 0 radical (unpaired) electrons. The Morgan fingerprint density at radius 1 is 1.15 bits per heavy atom. The van der Waals surface area contributed by atoms with Gasteiger partial charge in [0.25, 0.3) is 10.0 Å². The SMILES string of the molecule is COc1cc(/C=C/C(=O)Nc2ccc(S(=O)(=O)NC3=NCCCCC3)cc2)ccc1OCC#N. The van der Waals surface area contributed by atoms with Crippen LogP contribution in [0.15, 0.2) is 58.4 Å². The molecule has 0 bridgehead atoms. The highest BCUT2D eigenvalue weighted by Crippen LogP contribution is 2.28. The molecule has 178 valence electrons. The number of methoxy groups -OCH3 is 1. The minimum Gasteiger partial charge on any atom is -0.493 e. The monoisotopic (exact) mass is 482 g/mol. The third-order valence-electron chi connectivity index (χ3n) is 4.97. The number of nitrogens with zero attached hydrogens (tertiary/aromatic N) is 2. The van der Waals surface area contributed by atoms with Gasteiger partial charge in [-0.25, -0.2) is 8.42 Å². The van der Waals surface area contributed by atoms with Crippen LogP contribution in [0.2, 0.25) is 0 Å². The van der Waals surface area contributed by atoms with Gasteiger partial charge >= 0.3 is 0 Å². The first-order chi connectivity index (χ1) is 16.4. The highest BCUT2D eigenvalue weighted by Gasteiger charge is 2.17. The Kier molecular flexibility index (Phi) is 8.65. The quantitative estimate of drug-likeness (QED) is 0.554. The fraction of sp³-hybridized carbons (Fsp3) is 0.292. The Hall–Kier alpha value is -3.84. The van der Waals surface area contributed by atoms with E-state index in [4.69, 9.17) is 14.7 Å². The zero-order valence-electron chi connectivity index (χ0n) is 18.8. The lowest BCUT2D eigenvalue weighted by Gasteiger charge is -2.10. The zero-order chi connectivity index (χ0) is 24.4. The molecule has 1 aliphatic rings. The standard InChI is InChI=1S/C24H26N4O5S/c1-32-22-17-18(6-12-21(22)33-16-14-25)7-13-24(29)27-19-8-10-20(11-9-19)34(30,31)28-23-5-3-2-4-15-26-23/h6-13,17H,2-5,15-16H2,1H3,(H,26,28)(H,27,29)/b13-7+. The van der Waals surface area contributed by atoms with E-state index in [0.717, 1.165) is 19.3 Å². The van der Waals surface area contributed by atoms with Crippen LogP contribution in [0.3, 0.4) is 0 Å². The summed E-state index contributed by atoms with van der Waals surface area (Å²) < 4.78 is 38.3. The number of amidine groups is 1. The van der Waals surface area contributed by atoms with Crippen molar-refractivity contribution in [2.45, 2.75) is 30.6 Å². The first kappa shape index (κ1) is 24.8. The smallest absolute Gasteiger partial charge is 0.262 e. The van der Waals surface area contributed by atoms with Gasteiger partial charge in [-0.2, -0.15) is 5.26 Å². The molecular formula is C24H26N4O5S. The molecule has 0 atom stereocenters. The molecule has 2 aromatic rings. The molecule has 0 fully saturated rings. The van der Waals surface area contributed by atoms with Gasteiger partial charge in [0.1, 0.15) is 11.9 Å². The minimum atomic E-state index is -3.73. The number of hydrogen-bond acceptors (Lipinski definition) is 7. The average Bonchev–Trinajstić information content (AvgIpc) is 3.10. The lowest BCUT2D eigenvalue weighted by molar-refractivity contribution is -0.111. The second kappa shape index (κ2) is 11.9. The number of amides is 1. The van der Waals surface area contributed by atoms with E-state index in [9.17, 15) is 13.2 Å². The second-order valence-corrected chi connectivity index (χ2v) is 9.13. The first-order valence-electron chi connectivity index (χ1n) is 10.7. The van der Waals surface area contributed by atoms with Crippen molar-refractivity contribution in [2.75, 3.05) is 25.6 Å². The van der Waals surface area contributed by atoms with Crippen molar-refractivity contribution in [1.29, 1.82) is 5.26 Å². The van der Waals surface area contributed by atoms with Crippen LogP contribution in [0.25, 0.3) is 6.08 Å². The van der Waals surface area contributed by atoms with Crippen LogP contribution in [0.1, 0.15) is 31.2 Å². The molecule has 2 N–H and O–H groups in total. The minimum absolute atomic E-state index is 0.0961. The van der Waals surface area contributed by atoms with Gasteiger partial charge in [-0.15, -0.1) is 0 Å². The summed E-state index contributed by atoms with van der Waals surface area (Å²) in [6.45, 7) is 0.529. The van der Waals surface area contributed by atoms with Crippen molar-refractivity contribution < 1.29 is 22.7 Å². The number of carbonyl (C=O) groups is 1. The number of anilines is 1. The number of hydrogen-bond donors (Lipinski definition) is 2. The van der Waals surface area contributed by atoms with E-state index >= 15 is 0 Å². The summed E-state index contributed by atoms with van der Waals surface area (Å²) in [5.41, 5.74) is 1.16. The van der Waals surface area contributed by atoms with E-state index in [0.29, 0.717) is 41.6 Å². The molecule has 1 heterocycles. The van der Waals surface area contributed by atoms with Gasteiger partial charge in [-0.1, -0.05) is 12.5 Å². The zero-order valence-corrected chi connectivity index (χ0v) is 19.6. The van der Waals surface area contributed by atoms with Gasteiger partial charge < -0.3 is 14.8 Å². The number of nitrogens with one attached hydrogen (secondary N) is 2. The molecule has 0 spiro atoms. The van der Waals surface area contributed by atoms with Crippen LogP contribution < -0.4 is 19.5 Å². The molecule has 0 saturated heterocycles. The number of aliphatic imine (C=N–C) groups is 1. The van der Waals surface area contributed by atoms with E-state index in [-0.39, 0.29) is 17.4 Å². The normalized spacial score (nSPS) is 13.9. The molecule has 3 rings (SSSR count). The molecule has 34 heavy (non-hydrogen) atoms. The molecule has 10 heteroatoms. The van der Waals surface area contributed by atoms with Gasteiger partial charge in [0, 0.05) is 24.7 Å². The summed E-state index contributed by atoms with van der Waals surface area (Å²) in [7, 11) is -2.25. The Labute approximate surface area is 199 Å². The van der Waals surface area contributed by atoms with Crippen molar-refractivity contribution in [1.82, 2.24) is 4.72 Å². The van der Waals surface area contributed by atoms with E-state index in [1.165, 1.54) is 37.5 Å². The van der Waals surface area contributed by atoms with Gasteiger partial charge in [0.05, 0.1) is 12.0 Å². The van der Waals surface area contributed by atoms with Gasteiger partial charge in [0.2, 0.25) is 5.91 Å². The molecule has 9 nitrogen and oxygen atoms in total. The molecule has 0 aromatic heterocycles. The van der Waals surface area contributed by atoms with E-state index in [1.807, 2.05) is 6.07 Å². The summed E-state index contributed by atoms with van der Waals surface area (Å²) in [6.07, 6.45) is 6.47. The fourth-order valence-corrected chi connectivity index (χ4v) is 4.35. The van der Waals surface area contributed by atoms with E-state index in [1.54, 1.807) is 24.3 Å². The van der Waals surface area contributed by atoms with Crippen LogP contribution >= 0.6 is 0 Å². The fourth-order valence-electron chi connectivity index (χ4n) is 3.26. The number of benzene rings is 2. The molecular weight excluding hydrogens is 456 g/mol. The summed E-state index contributed by atoms with van der Waals surface area (Å²) >= 11 is 0. The van der Waals surface area contributed by atoms with Gasteiger partial charge in [-0.3, -0.25) is 14.5 Å². The van der Waals surface area contributed by atoms with E-state index < -0.39 is 10.0 Å². The summed E-state index contributed by atoms with van der Waals surface area (Å²) in [4.78, 5) is 16.7. The number of nitriles is 1. The number of rotatable bonds is 8. The van der Waals surface area contributed by atoms with Crippen LogP contribution in [-0.4, -0.2) is 40.4 Å². The van der Waals surface area contributed by atoms with Crippen LogP contribution in [-0.2, 0) is 14.8 Å². The second-order valence-electron chi connectivity index (χ2n) is 7.45. The van der Waals surface area contributed by atoms with E-state index in [2.05, 4.69) is 15.0 Å². The summed E-state index contributed by atoms with van der Waals surface area (Å²) in [5, 5.41) is 11.3. The molecule has 0 unspecified atom stereocenters. The van der Waals surface area contributed by atoms with Crippen molar-refractivity contribution in [3.05, 3.63) is 54.1 Å². The highest BCUT2D eigenvalue weighted by molar-refractivity contribution is 7.90. The Morgan fingerprint density at radius 2 is 1.94 bits per heavy atom. The van der Waals surface area contributed by atoms with Crippen molar-refractivity contribution in [3.8, 4) is 17.6 Å². The van der Waals surface area contributed by atoms with Crippen LogP contribution in [0.5, 0.6) is 11.5 Å². The average molecular weight is 483 g/mol. The van der Waals surface area contributed by atoms with Gasteiger partial charge in [0.15, 0.2) is 18.1 Å². The maximum Gasteiger partial charge on any atom is 0.262 e. The number of carbonyl (C=O) groups excluding carboxylic acids is 1. The largest absolute Gasteiger partial charge is 0.493 e. The molecule has 2 aromatic carbocycles. The predicted molar refractivity (Wildman–Crippen MR) is 129 cm³/mol.